The van der Waals surface area contributed by atoms with Gasteiger partial charge in [0.15, 0.2) is 0 Å². The molecule has 0 saturated carbocycles. The fraction of sp³-hybridized carbons (Fsp3) is 0.381. The number of carbonyl (C=O) groups is 1. The third kappa shape index (κ3) is 4.22. The Morgan fingerprint density at radius 1 is 1.00 bits per heavy atom. The van der Waals surface area contributed by atoms with Gasteiger partial charge in [-0.05, 0) is 74.6 Å². The average Bonchev–Trinajstić information content (AvgIpc) is 3.19. The van der Waals surface area contributed by atoms with E-state index in [0.717, 1.165) is 18.4 Å². The van der Waals surface area contributed by atoms with Crippen molar-refractivity contribution < 1.29 is 13.2 Å². The molecule has 1 aliphatic heterocycles. The van der Waals surface area contributed by atoms with Crippen LogP contribution in [0.4, 0.5) is 0 Å². The molecule has 0 radical (unpaired) electrons. The number of carbonyl (C=O) groups excluding carboxylic acids is 1. The Hall–Kier alpha value is -2.18. The molecule has 0 aliphatic carbocycles. The number of aryl methyl sites for hydroxylation is 2. The highest BCUT2D eigenvalue weighted by Gasteiger charge is 2.27. The normalized spacial score (nSPS) is 16.3. The van der Waals surface area contributed by atoms with Crippen LogP contribution in [0.15, 0.2) is 47.4 Å². The van der Waals surface area contributed by atoms with Crippen molar-refractivity contribution in [1.82, 2.24) is 9.62 Å². The van der Waals surface area contributed by atoms with Crippen LogP contribution in [0.3, 0.4) is 0 Å². The van der Waals surface area contributed by atoms with Crippen LogP contribution in [0.25, 0.3) is 0 Å². The zero-order valence-electron chi connectivity index (χ0n) is 16.0. The van der Waals surface area contributed by atoms with Crippen molar-refractivity contribution in [3.63, 3.8) is 0 Å². The number of hydrogen-bond acceptors (Lipinski definition) is 3. The second kappa shape index (κ2) is 7.82. The largest absolute Gasteiger partial charge is 0.346 e. The molecule has 5 nitrogen and oxygen atoms in total. The van der Waals surface area contributed by atoms with Crippen molar-refractivity contribution >= 4 is 15.9 Å². The summed E-state index contributed by atoms with van der Waals surface area (Å²) < 4.78 is 26.6. The van der Waals surface area contributed by atoms with Gasteiger partial charge in [-0.2, -0.15) is 4.31 Å². The van der Waals surface area contributed by atoms with E-state index in [9.17, 15) is 13.2 Å². The molecular formula is C21H26N2O3S. The van der Waals surface area contributed by atoms with E-state index in [2.05, 4.69) is 18.3 Å². The highest BCUT2D eigenvalue weighted by Crippen LogP contribution is 2.22. The molecule has 1 heterocycles. The van der Waals surface area contributed by atoms with Crippen molar-refractivity contribution in [2.45, 2.75) is 44.6 Å². The Morgan fingerprint density at radius 3 is 2.22 bits per heavy atom. The predicted molar refractivity (Wildman–Crippen MR) is 106 cm³/mol. The van der Waals surface area contributed by atoms with E-state index in [0.29, 0.717) is 18.7 Å². The quantitative estimate of drug-likeness (QED) is 0.854. The maximum Gasteiger partial charge on any atom is 0.251 e. The summed E-state index contributed by atoms with van der Waals surface area (Å²) in [5.74, 6) is -0.217. The minimum atomic E-state index is -3.45. The molecule has 0 spiro atoms. The fourth-order valence-electron chi connectivity index (χ4n) is 3.25. The molecule has 1 fully saturated rings. The van der Waals surface area contributed by atoms with E-state index in [-0.39, 0.29) is 16.8 Å². The van der Waals surface area contributed by atoms with Gasteiger partial charge < -0.3 is 5.32 Å². The smallest absolute Gasteiger partial charge is 0.251 e. The van der Waals surface area contributed by atoms with E-state index in [1.54, 1.807) is 12.1 Å². The zero-order valence-corrected chi connectivity index (χ0v) is 16.8. The molecule has 1 N–H and O–H groups in total. The van der Waals surface area contributed by atoms with Crippen LogP contribution in [0.2, 0.25) is 0 Å². The van der Waals surface area contributed by atoms with Gasteiger partial charge in [0.2, 0.25) is 10.0 Å². The Bertz CT molecular complexity index is 930. The second-order valence-corrected chi connectivity index (χ2v) is 9.11. The summed E-state index contributed by atoms with van der Waals surface area (Å²) in [6.07, 6.45) is 1.80. The van der Waals surface area contributed by atoms with Gasteiger partial charge in [-0.3, -0.25) is 4.79 Å². The summed E-state index contributed by atoms with van der Waals surface area (Å²) in [5, 5.41) is 2.97. The monoisotopic (exact) mass is 386 g/mol. The van der Waals surface area contributed by atoms with Gasteiger partial charge in [-0.1, -0.05) is 18.2 Å². The first kappa shape index (κ1) is 19.6. The molecule has 6 heteroatoms. The lowest BCUT2D eigenvalue weighted by molar-refractivity contribution is 0.0939. The van der Waals surface area contributed by atoms with Gasteiger partial charge in [-0.15, -0.1) is 0 Å². The minimum absolute atomic E-state index is 0.134. The predicted octanol–water partition coefficient (Wildman–Crippen LogP) is 3.58. The number of sulfonamides is 1. The van der Waals surface area contributed by atoms with Crippen LogP contribution in [0.1, 0.15) is 52.9 Å². The summed E-state index contributed by atoms with van der Waals surface area (Å²) in [6, 6.07) is 12.2. The van der Waals surface area contributed by atoms with E-state index >= 15 is 0 Å². The van der Waals surface area contributed by atoms with Crippen molar-refractivity contribution in [2.24, 2.45) is 0 Å². The van der Waals surface area contributed by atoms with Gasteiger partial charge in [0, 0.05) is 18.7 Å². The molecule has 0 unspecified atom stereocenters. The molecule has 0 bridgehead atoms. The Balaban J connectivity index is 1.71. The number of rotatable bonds is 5. The highest BCUT2D eigenvalue weighted by atomic mass is 32.2. The molecule has 1 aliphatic rings. The first-order chi connectivity index (χ1) is 12.8. The molecule has 1 atom stereocenters. The van der Waals surface area contributed by atoms with Crippen molar-refractivity contribution in [2.75, 3.05) is 13.1 Å². The van der Waals surface area contributed by atoms with Crippen LogP contribution < -0.4 is 5.32 Å². The van der Waals surface area contributed by atoms with Gasteiger partial charge in [0.05, 0.1) is 10.9 Å². The molecule has 1 amide bonds. The van der Waals surface area contributed by atoms with Crippen LogP contribution in [-0.4, -0.2) is 31.7 Å². The van der Waals surface area contributed by atoms with Gasteiger partial charge in [0.25, 0.3) is 5.91 Å². The van der Waals surface area contributed by atoms with Crippen LogP contribution in [-0.2, 0) is 10.0 Å². The first-order valence-electron chi connectivity index (χ1n) is 9.27. The van der Waals surface area contributed by atoms with E-state index in [1.807, 2.05) is 26.0 Å². The third-order valence-electron chi connectivity index (χ3n) is 5.20. The molecule has 0 aromatic heterocycles. The molecule has 1 saturated heterocycles. The fourth-order valence-corrected chi connectivity index (χ4v) is 4.77. The molecule has 2 aromatic rings. The number of nitrogens with one attached hydrogen (secondary N) is 1. The lowest BCUT2D eigenvalue weighted by Crippen LogP contribution is -2.28. The Labute approximate surface area is 161 Å². The molecule has 144 valence electrons. The Morgan fingerprint density at radius 2 is 1.63 bits per heavy atom. The first-order valence-corrected chi connectivity index (χ1v) is 10.7. The summed E-state index contributed by atoms with van der Waals surface area (Å²) >= 11 is 0. The summed E-state index contributed by atoms with van der Waals surface area (Å²) in [6.45, 7) is 7.18. The maximum absolute atomic E-state index is 12.6. The van der Waals surface area contributed by atoms with E-state index < -0.39 is 10.0 Å². The highest BCUT2D eigenvalue weighted by molar-refractivity contribution is 7.89. The maximum atomic E-state index is 12.6. The minimum Gasteiger partial charge on any atom is -0.346 e. The van der Waals surface area contributed by atoms with Crippen molar-refractivity contribution in [3.8, 4) is 0 Å². The SMILES string of the molecule is Cc1ccc([C@H](C)NC(=O)c2ccc(S(=O)(=O)N3CCCC3)cc2)cc1C. The molecule has 2 aromatic carbocycles. The standard InChI is InChI=1S/C21H26N2O3S/c1-15-6-7-19(14-16(15)2)17(3)22-21(24)18-8-10-20(11-9-18)27(25,26)23-12-4-5-13-23/h6-11,14,17H,4-5,12-13H2,1-3H3,(H,22,24)/t17-/m0/s1. The van der Waals surface area contributed by atoms with Gasteiger partial charge >= 0.3 is 0 Å². The number of hydrogen-bond donors (Lipinski definition) is 1. The lowest BCUT2D eigenvalue weighted by atomic mass is 10.0. The van der Waals surface area contributed by atoms with Crippen LogP contribution >= 0.6 is 0 Å². The summed E-state index contributed by atoms with van der Waals surface area (Å²) in [7, 11) is -3.45. The Kier molecular flexibility index (Phi) is 5.67. The van der Waals surface area contributed by atoms with E-state index in [1.165, 1.54) is 27.6 Å². The topological polar surface area (TPSA) is 66.5 Å². The van der Waals surface area contributed by atoms with Gasteiger partial charge in [0.1, 0.15) is 0 Å². The number of amides is 1. The number of nitrogens with zero attached hydrogens (tertiary/aromatic N) is 1. The van der Waals surface area contributed by atoms with Crippen molar-refractivity contribution in [1.29, 1.82) is 0 Å². The second-order valence-electron chi connectivity index (χ2n) is 7.17. The average molecular weight is 387 g/mol. The van der Waals surface area contributed by atoms with Crippen LogP contribution in [0.5, 0.6) is 0 Å². The molecule has 27 heavy (non-hydrogen) atoms. The lowest BCUT2D eigenvalue weighted by Gasteiger charge is -2.17. The van der Waals surface area contributed by atoms with Gasteiger partial charge in [-0.25, -0.2) is 8.42 Å². The number of benzene rings is 2. The summed E-state index contributed by atoms with van der Waals surface area (Å²) in [5.41, 5.74) is 3.89. The third-order valence-corrected chi connectivity index (χ3v) is 7.11. The molecule has 3 rings (SSSR count). The summed E-state index contributed by atoms with van der Waals surface area (Å²) in [4.78, 5) is 12.8. The molecular weight excluding hydrogens is 360 g/mol. The van der Waals surface area contributed by atoms with Crippen LogP contribution in [0, 0.1) is 13.8 Å². The zero-order chi connectivity index (χ0) is 19.6. The van der Waals surface area contributed by atoms with Crippen molar-refractivity contribution in [3.05, 3.63) is 64.7 Å². The van der Waals surface area contributed by atoms with E-state index in [4.69, 9.17) is 0 Å².